The first-order chi connectivity index (χ1) is 13.6. The van der Waals surface area contributed by atoms with E-state index in [1.807, 2.05) is 73.8 Å². The number of fused-ring (bicyclic) bond motifs is 1. The van der Waals surface area contributed by atoms with E-state index >= 15 is 0 Å². The molecule has 0 saturated heterocycles. The number of hydrogen-bond donors (Lipinski definition) is 2. The Bertz CT molecular complexity index is 1060. The van der Waals surface area contributed by atoms with E-state index in [4.69, 9.17) is 4.74 Å². The summed E-state index contributed by atoms with van der Waals surface area (Å²) in [6.07, 6.45) is 1.84. The second-order valence-corrected chi connectivity index (χ2v) is 7.84. The van der Waals surface area contributed by atoms with Crippen LogP contribution in [0.3, 0.4) is 0 Å². The third-order valence-electron chi connectivity index (χ3n) is 4.45. The third-order valence-corrected chi connectivity index (χ3v) is 5.39. The normalized spacial score (nSPS) is 12.2. The van der Waals surface area contributed by atoms with Crippen molar-refractivity contribution < 1.29 is 9.84 Å². The first kappa shape index (κ1) is 18.3. The molecule has 0 aliphatic rings. The number of benzene rings is 2. The van der Waals surface area contributed by atoms with Gasteiger partial charge < -0.3 is 15.2 Å². The lowest BCUT2D eigenvalue weighted by molar-refractivity contribution is 0.242. The molecule has 0 bridgehead atoms. The van der Waals surface area contributed by atoms with Crippen LogP contribution in [0.15, 0.2) is 72.2 Å². The highest BCUT2D eigenvalue weighted by Gasteiger charge is 2.20. The van der Waals surface area contributed by atoms with E-state index in [9.17, 15) is 5.11 Å². The minimum Gasteiger partial charge on any atom is -0.505 e. The molecule has 0 amide bonds. The van der Waals surface area contributed by atoms with Gasteiger partial charge in [0.15, 0.2) is 0 Å². The monoisotopic (exact) mass is 390 g/mol. The maximum atomic E-state index is 10.9. The Morgan fingerprint density at radius 2 is 1.82 bits per heavy atom. The number of nitrogens with zero attached hydrogens (tertiary/aromatic N) is 1. The van der Waals surface area contributed by atoms with Crippen LogP contribution in [0.25, 0.3) is 10.9 Å². The van der Waals surface area contributed by atoms with Gasteiger partial charge in [0.2, 0.25) is 0 Å². The van der Waals surface area contributed by atoms with Crippen molar-refractivity contribution in [3.63, 3.8) is 0 Å². The first-order valence-electron chi connectivity index (χ1n) is 9.25. The van der Waals surface area contributed by atoms with Crippen molar-refractivity contribution >= 4 is 27.9 Å². The number of phenols is 1. The predicted molar refractivity (Wildman–Crippen MR) is 115 cm³/mol. The molecule has 1 unspecified atom stereocenters. The smallest absolute Gasteiger partial charge is 0.147 e. The fraction of sp³-hybridized carbons (Fsp3) is 0.174. The highest BCUT2D eigenvalue weighted by atomic mass is 32.1. The van der Waals surface area contributed by atoms with E-state index in [0.717, 1.165) is 27.3 Å². The van der Waals surface area contributed by atoms with E-state index in [0.29, 0.717) is 5.52 Å². The number of pyridine rings is 1. The van der Waals surface area contributed by atoms with Crippen molar-refractivity contribution in [1.29, 1.82) is 0 Å². The van der Waals surface area contributed by atoms with Gasteiger partial charge in [0.25, 0.3) is 0 Å². The summed E-state index contributed by atoms with van der Waals surface area (Å²) in [6.45, 7) is 4.02. The maximum Gasteiger partial charge on any atom is 0.147 e. The Hall–Kier alpha value is -3.05. The molecule has 0 spiro atoms. The average Bonchev–Trinajstić information content (AvgIpc) is 3.22. The molecule has 2 aromatic heterocycles. The molecule has 4 rings (SSSR count). The summed E-state index contributed by atoms with van der Waals surface area (Å²) >= 11 is 1.65. The lowest BCUT2D eigenvalue weighted by Crippen LogP contribution is -2.12. The van der Waals surface area contributed by atoms with Gasteiger partial charge in [-0.05, 0) is 55.6 Å². The van der Waals surface area contributed by atoms with Gasteiger partial charge in [-0.2, -0.15) is 0 Å². The summed E-state index contributed by atoms with van der Waals surface area (Å²) in [5.41, 5.74) is 2.37. The number of hydrogen-bond acceptors (Lipinski definition) is 5. The minimum absolute atomic E-state index is 0.139. The number of thiophene rings is 1. The molecule has 0 saturated carbocycles. The Morgan fingerprint density at radius 1 is 1.00 bits per heavy atom. The summed E-state index contributed by atoms with van der Waals surface area (Å²) in [7, 11) is 0. The van der Waals surface area contributed by atoms with Gasteiger partial charge in [0.1, 0.15) is 17.0 Å². The van der Waals surface area contributed by atoms with Gasteiger partial charge >= 0.3 is 0 Å². The quantitative estimate of drug-likeness (QED) is 0.424. The van der Waals surface area contributed by atoms with Gasteiger partial charge in [0.05, 0.1) is 12.1 Å². The second-order valence-electron chi connectivity index (χ2n) is 6.86. The molecule has 2 aromatic carbocycles. The fourth-order valence-corrected chi connectivity index (χ4v) is 4.00. The zero-order valence-electron chi connectivity index (χ0n) is 15.8. The second kappa shape index (κ2) is 7.90. The lowest BCUT2D eigenvalue weighted by atomic mass is 10.0. The van der Waals surface area contributed by atoms with Crippen molar-refractivity contribution in [2.75, 3.05) is 5.32 Å². The van der Waals surface area contributed by atoms with Crippen LogP contribution >= 0.6 is 11.3 Å². The number of anilines is 1. The first-order valence-corrected chi connectivity index (χ1v) is 10.1. The summed E-state index contributed by atoms with van der Waals surface area (Å²) < 4.78 is 5.72. The van der Waals surface area contributed by atoms with Crippen LogP contribution in [0.4, 0.5) is 5.69 Å². The summed E-state index contributed by atoms with van der Waals surface area (Å²) in [5.74, 6) is 1.05. The van der Waals surface area contributed by atoms with Crippen LogP contribution in [0.2, 0.25) is 0 Å². The molecule has 0 fully saturated rings. The van der Waals surface area contributed by atoms with Crippen LogP contribution in [-0.2, 0) is 0 Å². The highest BCUT2D eigenvalue weighted by Crippen LogP contribution is 2.38. The summed E-state index contributed by atoms with van der Waals surface area (Å²) in [5, 5.41) is 17.4. The van der Waals surface area contributed by atoms with Gasteiger partial charge in [-0.3, -0.25) is 4.98 Å². The van der Waals surface area contributed by atoms with E-state index < -0.39 is 0 Å². The molecule has 2 heterocycles. The van der Waals surface area contributed by atoms with Crippen molar-refractivity contribution in [3.05, 3.63) is 82.7 Å². The molecule has 28 heavy (non-hydrogen) atoms. The fourth-order valence-electron chi connectivity index (χ4n) is 3.20. The number of nitrogens with one attached hydrogen (secondary N) is 1. The van der Waals surface area contributed by atoms with Gasteiger partial charge in [-0.15, -0.1) is 11.3 Å². The third kappa shape index (κ3) is 3.80. The zero-order chi connectivity index (χ0) is 19.5. The zero-order valence-corrected chi connectivity index (χ0v) is 16.6. The molecule has 2 N–H and O–H groups in total. The van der Waals surface area contributed by atoms with Crippen LogP contribution in [0.1, 0.15) is 30.3 Å². The van der Waals surface area contributed by atoms with Gasteiger partial charge in [-0.25, -0.2) is 0 Å². The number of aromatic nitrogens is 1. The Morgan fingerprint density at radius 3 is 2.54 bits per heavy atom. The molecule has 5 heteroatoms. The highest BCUT2D eigenvalue weighted by molar-refractivity contribution is 7.10. The van der Waals surface area contributed by atoms with E-state index in [2.05, 4.69) is 16.4 Å². The van der Waals surface area contributed by atoms with Crippen molar-refractivity contribution in [2.45, 2.75) is 26.0 Å². The summed E-state index contributed by atoms with van der Waals surface area (Å²) in [4.78, 5) is 5.48. The predicted octanol–water partition coefficient (Wildman–Crippen LogP) is 5.99. The minimum atomic E-state index is -0.178. The Balaban J connectivity index is 1.70. The Labute approximate surface area is 168 Å². The summed E-state index contributed by atoms with van der Waals surface area (Å²) in [6, 6.07) is 19.6. The molecule has 142 valence electrons. The molecule has 0 radical (unpaired) electrons. The lowest BCUT2D eigenvalue weighted by Gasteiger charge is -2.21. The largest absolute Gasteiger partial charge is 0.505 e. The SMILES string of the molecule is CC(C)Oc1ccc(NC(c2cccs2)c2ccc3cccnc3c2O)cc1. The molecule has 4 aromatic rings. The maximum absolute atomic E-state index is 10.9. The van der Waals surface area contributed by atoms with Crippen LogP contribution in [0, 0.1) is 0 Å². The average molecular weight is 391 g/mol. The van der Waals surface area contributed by atoms with Gasteiger partial charge in [-0.1, -0.05) is 24.3 Å². The van der Waals surface area contributed by atoms with Crippen LogP contribution in [-0.4, -0.2) is 16.2 Å². The molecule has 0 aliphatic carbocycles. The molecule has 4 nitrogen and oxygen atoms in total. The van der Waals surface area contributed by atoms with Crippen LogP contribution < -0.4 is 10.1 Å². The molecular weight excluding hydrogens is 368 g/mol. The molecule has 0 aliphatic heterocycles. The van der Waals surface area contributed by atoms with Crippen molar-refractivity contribution in [1.82, 2.24) is 4.98 Å². The van der Waals surface area contributed by atoms with E-state index in [-0.39, 0.29) is 17.9 Å². The van der Waals surface area contributed by atoms with Gasteiger partial charge in [0, 0.05) is 27.7 Å². The number of rotatable bonds is 6. The van der Waals surface area contributed by atoms with Crippen molar-refractivity contribution in [3.8, 4) is 11.5 Å². The number of phenolic OH excluding ortho intramolecular Hbond substituents is 1. The topological polar surface area (TPSA) is 54.4 Å². The van der Waals surface area contributed by atoms with E-state index in [1.54, 1.807) is 17.5 Å². The number of ether oxygens (including phenoxy) is 1. The van der Waals surface area contributed by atoms with E-state index in [1.165, 1.54) is 0 Å². The molecule has 1 atom stereocenters. The van der Waals surface area contributed by atoms with Crippen molar-refractivity contribution in [2.24, 2.45) is 0 Å². The number of aromatic hydroxyl groups is 1. The van der Waals surface area contributed by atoms with Crippen LogP contribution in [0.5, 0.6) is 11.5 Å². The Kier molecular flexibility index (Phi) is 5.17. The molecular formula is C23H22N2O2S. The standard InChI is InChI=1S/C23H22N2O2S/c1-15(2)27-18-10-8-17(9-11-18)25-22(20-6-4-14-28-20)19-12-7-16-5-3-13-24-21(16)23(19)26/h3-15,22,25-26H,1-2H3.